The average Bonchev–Trinajstić information content (AvgIpc) is 3.07. The zero-order valence-corrected chi connectivity index (χ0v) is 13.0. The Morgan fingerprint density at radius 3 is 3.10 bits per heavy atom. The quantitative estimate of drug-likeness (QED) is 0.689. The van der Waals surface area contributed by atoms with Crippen LogP contribution in [0.5, 0.6) is 0 Å². The minimum absolute atomic E-state index is 0.0338. The van der Waals surface area contributed by atoms with E-state index in [2.05, 4.69) is 19.7 Å². The van der Waals surface area contributed by atoms with Gasteiger partial charge in [0.05, 0.1) is 5.69 Å². The van der Waals surface area contributed by atoms with E-state index in [0.29, 0.717) is 11.7 Å². The fourth-order valence-electron chi connectivity index (χ4n) is 2.25. The molecule has 1 fully saturated rings. The van der Waals surface area contributed by atoms with Crippen LogP contribution in [-0.2, 0) is 12.8 Å². The Labute approximate surface area is 128 Å². The van der Waals surface area contributed by atoms with Gasteiger partial charge in [0.2, 0.25) is 0 Å². The lowest BCUT2D eigenvalue weighted by molar-refractivity contribution is 0.736. The van der Waals surface area contributed by atoms with Crippen LogP contribution in [0.4, 0.5) is 0 Å². The molecule has 0 bridgehead atoms. The molecule has 1 aliphatic carbocycles. The van der Waals surface area contributed by atoms with Gasteiger partial charge in [-0.25, -0.2) is 4.98 Å². The summed E-state index contributed by atoms with van der Waals surface area (Å²) in [5, 5.41) is 11.2. The third kappa shape index (κ3) is 2.38. The number of thioether (sulfide) groups is 1. The molecule has 0 aliphatic heterocycles. The molecule has 3 aromatic heterocycles. The Bertz CT molecular complexity index is 861. The van der Waals surface area contributed by atoms with Gasteiger partial charge in [-0.1, -0.05) is 11.8 Å². The molecule has 3 heterocycles. The van der Waals surface area contributed by atoms with Crippen LogP contribution in [0, 0.1) is 0 Å². The molecule has 1 saturated carbocycles. The number of thiazole rings is 1. The molecule has 0 radical (unpaired) electrons. The van der Waals surface area contributed by atoms with Crippen molar-refractivity contribution < 1.29 is 0 Å². The van der Waals surface area contributed by atoms with E-state index in [1.807, 2.05) is 12.4 Å². The molecule has 0 atom stereocenters. The summed E-state index contributed by atoms with van der Waals surface area (Å²) in [6.45, 7) is 0. The van der Waals surface area contributed by atoms with Crippen LogP contribution in [-0.4, -0.2) is 24.1 Å². The fraction of sp³-hybridized carbons (Fsp3) is 0.385. The maximum atomic E-state index is 11.9. The highest BCUT2D eigenvalue weighted by molar-refractivity contribution is 7.98. The molecule has 4 rings (SSSR count). The van der Waals surface area contributed by atoms with Crippen molar-refractivity contribution in [1.82, 2.24) is 24.1 Å². The average molecular weight is 319 g/mol. The molecule has 6 nitrogen and oxygen atoms in total. The summed E-state index contributed by atoms with van der Waals surface area (Å²) in [5.41, 5.74) is 0.747. The first-order valence-corrected chi connectivity index (χ1v) is 8.57. The van der Waals surface area contributed by atoms with E-state index in [0.717, 1.165) is 21.6 Å². The molecule has 0 saturated heterocycles. The van der Waals surface area contributed by atoms with Crippen molar-refractivity contribution in [1.29, 1.82) is 0 Å². The van der Waals surface area contributed by atoms with Crippen LogP contribution in [0.1, 0.15) is 30.3 Å². The van der Waals surface area contributed by atoms with Crippen molar-refractivity contribution in [3.05, 3.63) is 39.5 Å². The van der Waals surface area contributed by atoms with Gasteiger partial charge in [0.1, 0.15) is 5.82 Å². The summed E-state index contributed by atoms with van der Waals surface area (Å²) in [6.07, 6.45) is 4.17. The highest BCUT2D eigenvalue weighted by Gasteiger charge is 2.29. The Morgan fingerprint density at radius 2 is 2.29 bits per heavy atom. The monoisotopic (exact) mass is 319 g/mol. The number of aromatic nitrogens is 5. The number of hydrogen-bond donors (Lipinski definition) is 0. The van der Waals surface area contributed by atoms with Gasteiger partial charge >= 0.3 is 0 Å². The zero-order chi connectivity index (χ0) is 14.4. The van der Waals surface area contributed by atoms with E-state index < -0.39 is 0 Å². The van der Waals surface area contributed by atoms with Crippen molar-refractivity contribution in [3.63, 3.8) is 0 Å². The topological polar surface area (TPSA) is 65.1 Å². The van der Waals surface area contributed by atoms with Crippen LogP contribution < -0.4 is 5.56 Å². The first kappa shape index (κ1) is 13.0. The Balaban J connectivity index is 1.56. The van der Waals surface area contributed by atoms with Gasteiger partial charge in [-0.05, 0) is 12.8 Å². The molecule has 0 amide bonds. The number of nitrogens with zero attached hydrogens (tertiary/aromatic N) is 5. The molecule has 108 valence electrons. The van der Waals surface area contributed by atoms with Gasteiger partial charge in [0, 0.05) is 36.4 Å². The number of hydrogen-bond acceptors (Lipinski definition) is 6. The molecule has 0 N–H and O–H groups in total. The van der Waals surface area contributed by atoms with Crippen LogP contribution in [0.2, 0.25) is 0 Å². The van der Waals surface area contributed by atoms with E-state index in [1.165, 1.54) is 24.2 Å². The number of rotatable bonds is 4. The molecule has 0 unspecified atom stereocenters. The summed E-state index contributed by atoms with van der Waals surface area (Å²) in [6, 6.07) is 1.59. The molecule has 8 heteroatoms. The van der Waals surface area contributed by atoms with Crippen molar-refractivity contribution in [2.75, 3.05) is 0 Å². The second-order valence-corrected chi connectivity index (χ2v) is 6.92. The molecular formula is C13H13N5OS2. The second-order valence-electron chi connectivity index (χ2n) is 5.10. The molecule has 3 aromatic rings. The van der Waals surface area contributed by atoms with Crippen LogP contribution in [0.25, 0.3) is 4.96 Å². The van der Waals surface area contributed by atoms with Crippen LogP contribution >= 0.6 is 23.1 Å². The Kier molecular flexibility index (Phi) is 3.07. The van der Waals surface area contributed by atoms with E-state index in [1.54, 1.807) is 28.4 Å². The predicted octanol–water partition coefficient (Wildman–Crippen LogP) is 2.05. The van der Waals surface area contributed by atoms with Gasteiger partial charge in [0.25, 0.3) is 5.56 Å². The largest absolute Gasteiger partial charge is 0.309 e. The molecule has 0 aromatic carbocycles. The first-order valence-electron chi connectivity index (χ1n) is 6.70. The highest BCUT2D eigenvalue weighted by atomic mass is 32.2. The van der Waals surface area contributed by atoms with Gasteiger partial charge in [-0.15, -0.1) is 21.5 Å². The molecule has 21 heavy (non-hydrogen) atoms. The van der Waals surface area contributed by atoms with E-state index in [9.17, 15) is 4.79 Å². The summed E-state index contributed by atoms with van der Waals surface area (Å²) in [4.78, 5) is 17.2. The van der Waals surface area contributed by atoms with Gasteiger partial charge in [0.15, 0.2) is 10.1 Å². The standard InChI is InChI=1S/C13H13N5OS2/c1-17-11(8-2-3-8)15-16-13(17)21-7-9-6-10(19)18-4-5-20-12(18)14-9/h4-6,8H,2-3,7H2,1H3. The molecular weight excluding hydrogens is 306 g/mol. The van der Waals surface area contributed by atoms with Gasteiger partial charge < -0.3 is 4.57 Å². The van der Waals surface area contributed by atoms with Gasteiger partial charge in [-0.3, -0.25) is 9.20 Å². The lowest BCUT2D eigenvalue weighted by Crippen LogP contribution is -2.12. The third-order valence-corrected chi connectivity index (χ3v) is 5.33. The second kappa shape index (κ2) is 4.96. The van der Waals surface area contributed by atoms with Crippen molar-refractivity contribution in [2.45, 2.75) is 29.7 Å². The van der Waals surface area contributed by atoms with Crippen molar-refractivity contribution >= 4 is 28.1 Å². The predicted molar refractivity (Wildman–Crippen MR) is 81.9 cm³/mol. The van der Waals surface area contributed by atoms with E-state index >= 15 is 0 Å². The smallest absolute Gasteiger partial charge is 0.258 e. The maximum Gasteiger partial charge on any atom is 0.258 e. The molecule has 0 spiro atoms. The Morgan fingerprint density at radius 1 is 1.43 bits per heavy atom. The maximum absolute atomic E-state index is 11.9. The normalized spacial score (nSPS) is 14.9. The number of fused-ring (bicyclic) bond motifs is 1. The SMILES string of the molecule is Cn1c(SCc2cc(=O)n3ccsc3n2)nnc1C1CC1. The summed E-state index contributed by atoms with van der Waals surface area (Å²) in [5.74, 6) is 2.28. The summed E-state index contributed by atoms with van der Waals surface area (Å²) in [7, 11) is 2.00. The van der Waals surface area contributed by atoms with Crippen LogP contribution in [0.15, 0.2) is 27.6 Å². The Hall–Kier alpha value is -1.67. The highest BCUT2D eigenvalue weighted by Crippen LogP contribution is 2.39. The minimum Gasteiger partial charge on any atom is -0.309 e. The first-order chi connectivity index (χ1) is 10.2. The lowest BCUT2D eigenvalue weighted by Gasteiger charge is -2.03. The summed E-state index contributed by atoms with van der Waals surface area (Å²) >= 11 is 3.04. The van der Waals surface area contributed by atoms with Gasteiger partial charge in [-0.2, -0.15) is 0 Å². The van der Waals surface area contributed by atoms with Crippen molar-refractivity contribution in [2.24, 2.45) is 7.05 Å². The van der Waals surface area contributed by atoms with Crippen molar-refractivity contribution in [3.8, 4) is 0 Å². The fourth-order valence-corrected chi connectivity index (χ4v) is 3.80. The zero-order valence-electron chi connectivity index (χ0n) is 11.4. The lowest BCUT2D eigenvalue weighted by atomic mass is 10.4. The minimum atomic E-state index is -0.0338. The molecule has 1 aliphatic rings. The summed E-state index contributed by atoms with van der Waals surface area (Å²) < 4.78 is 3.62. The van der Waals surface area contributed by atoms with E-state index in [-0.39, 0.29) is 5.56 Å². The van der Waals surface area contributed by atoms with Crippen LogP contribution in [0.3, 0.4) is 0 Å². The third-order valence-electron chi connectivity index (χ3n) is 3.52. The van der Waals surface area contributed by atoms with E-state index in [4.69, 9.17) is 0 Å².